The van der Waals surface area contributed by atoms with E-state index in [0.29, 0.717) is 24.2 Å². The first-order valence-corrected chi connectivity index (χ1v) is 14.0. The molecule has 2 aromatic carbocycles. The third-order valence-electron chi connectivity index (χ3n) is 6.13. The van der Waals surface area contributed by atoms with Crippen LogP contribution >= 0.6 is 0 Å². The smallest absolute Gasteiger partial charge is 0.251 e. The van der Waals surface area contributed by atoms with Crippen molar-refractivity contribution in [2.24, 2.45) is 0 Å². The summed E-state index contributed by atoms with van der Waals surface area (Å²) < 4.78 is 42.3. The maximum absolute atomic E-state index is 13.3. The van der Waals surface area contributed by atoms with E-state index in [2.05, 4.69) is 42.3 Å². The summed E-state index contributed by atoms with van der Waals surface area (Å²) in [6, 6.07) is 9.96. The topological polar surface area (TPSA) is 119 Å². The van der Waals surface area contributed by atoms with Gasteiger partial charge in [-0.3, -0.25) is 14.8 Å². The first-order valence-electron chi connectivity index (χ1n) is 12.5. The molecule has 0 unspecified atom stereocenters. The number of hydrogen-bond acceptors (Lipinski definition) is 6. The van der Waals surface area contributed by atoms with Crippen molar-refractivity contribution in [3.63, 3.8) is 0 Å². The number of nitrogens with zero attached hydrogens (tertiary/aromatic N) is 2. The molecule has 11 heteroatoms. The third-order valence-corrected chi connectivity index (χ3v) is 7.65. The van der Waals surface area contributed by atoms with Crippen LogP contribution in [0.15, 0.2) is 59.8 Å². The monoisotopic (exact) mass is 538 g/mol. The van der Waals surface area contributed by atoms with Gasteiger partial charge < -0.3 is 10.6 Å². The quantitative estimate of drug-likeness (QED) is 0.230. The molecule has 9 nitrogen and oxygen atoms in total. The number of aromatic amines is 1. The Bertz CT molecular complexity index is 1380. The molecule has 0 atom stereocenters. The molecular weight excluding hydrogens is 507 g/mol. The number of H-pyrrole nitrogens is 1. The number of benzene rings is 2. The van der Waals surface area contributed by atoms with Gasteiger partial charge in [-0.05, 0) is 60.9 Å². The predicted molar refractivity (Wildman–Crippen MR) is 143 cm³/mol. The highest BCUT2D eigenvalue weighted by Crippen LogP contribution is 2.18. The first-order chi connectivity index (χ1) is 18.4. The second-order valence-electron chi connectivity index (χ2n) is 8.92. The van der Waals surface area contributed by atoms with Gasteiger partial charge in [-0.1, -0.05) is 11.8 Å². The zero-order valence-electron chi connectivity index (χ0n) is 21.0. The van der Waals surface area contributed by atoms with Gasteiger partial charge in [-0.15, -0.1) is 0 Å². The molecule has 1 aromatic heterocycles. The molecule has 3 aromatic rings. The summed E-state index contributed by atoms with van der Waals surface area (Å²) in [5.41, 5.74) is 2.07. The summed E-state index contributed by atoms with van der Waals surface area (Å²) in [4.78, 5) is 15.0. The summed E-state index contributed by atoms with van der Waals surface area (Å²) >= 11 is 0. The van der Waals surface area contributed by atoms with Crippen LogP contribution in [0, 0.1) is 17.7 Å². The number of hydrogen-bond donors (Lipinski definition) is 4. The van der Waals surface area contributed by atoms with E-state index in [0.717, 1.165) is 44.6 Å². The molecule has 38 heavy (non-hydrogen) atoms. The summed E-state index contributed by atoms with van der Waals surface area (Å²) in [7, 11) is -3.89. The Kier molecular flexibility index (Phi) is 9.62. The fourth-order valence-corrected chi connectivity index (χ4v) is 5.20. The van der Waals surface area contributed by atoms with Crippen LogP contribution in [0.4, 0.5) is 4.39 Å². The van der Waals surface area contributed by atoms with E-state index in [1.165, 1.54) is 42.5 Å². The minimum atomic E-state index is -3.89. The Labute approximate surface area is 222 Å². The van der Waals surface area contributed by atoms with E-state index in [1.807, 2.05) is 6.20 Å². The third kappa shape index (κ3) is 7.97. The summed E-state index contributed by atoms with van der Waals surface area (Å²) in [5, 5.41) is 12.8. The standard InChI is InChI=1S/C27H31FN6O3S/c28-25-8-4-21(5-9-25)3-6-23-18-24(27(35)30-11-1-2-22-19-31-32-20-22)7-10-26(23)38(36,37)33-14-17-34-15-12-29-13-16-34/h4-5,7-10,18-20,29,33H,1-2,11-17H2,(H,30,35)(H,31,32). The highest BCUT2D eigenvalue weighted by Gasteiger charge is 2.20. The Hall–Kier alpha value is -3.56. The molecule has 4 rings (SSSR count). The molecule has 1 aliphatic rings. The molecule has 1 saturated heterocycles. The van der Waals surface area contributed by atoms with Crippen LogP contribution in [0.25, 0.3) is 0 Å². The van der Waals surface area contributed by atoms with Gasteiger partial charge in [-0.25, -0.2) is 17.5 Å². The molecule has 0 spiro atoms. The summed E-state index contributed by atoms with van der Waals surface area (Å²) in [6.45, 7) is 4.78. The molecule has 0 saturated carbocycles. The number of nitrogens with one attached hydrogen (secondary N) is 4. The summed E-state index contributed by atoms with van der Waals surface area (Å²) in [5.74, 6) is 5.04. The molecule has 1 amide bonds. The van der Waals surface area contributed by atoms with Crippen LogP contribution < -0.4 is 15.4 Å². The van der Waals surface area contributed by atoms with Crippen LogP contribution in [-0.4, -0.2) is 75.2 Å². The predicted octanol–water partition coefficient (Wildman–Crippen LogP) is 1.49. The van der Waals surface area contributed by atoms with Gasteiger partial charge in [0.2, 0.25) is 10.0 Å². The Morgan fingerprint density at radius 1 is 1.08 bits per heavy atom. The normalized spacial score (nSPS) is 14.0. The average molecular weight is 539 g/mol. The van der Waals surface area contributed by atoms with Crippen molar-refractivity contribution in [2.75, 3.05) is 45.8 Å². The van der Waals surface area contributed by atoms with Gasteiger partial charge in [0, 0.05) is 68.7 Å². The number of sulfonamides is 1. The van der Waals surface area contributed by atoms with Crippen molar-refractivity contribution >= 4 is 15.9 Å². The number of halogens is 1. The molecular formula is C27H31FN6O3S. The lowest BCUT2D eigenvalue weighted by Gasteiger charge is -2.27. The number of amides is 1. The average Bonchev–Trinajstić information content (AvgIpc) is 3.45. The Balaban J connectivity index is 1.49. The highest BCUT2D eigenvalue weighted by atomic mass is 32.2. The number of carbonyl (C=O) groups excluding carboxylic acids is 1. The van der Waals surface area contributed by atoms with Gasteiger partial charge in [-0.2, -0.15) is 5.10 Å². The lowest BCUT2D eigenvalue weighted by Crippen LogP contribution is -2.46. The SMILES string of the molecule is O=C(NCCCc1cn[nH]c1)c1ccc(S(=O)(=O)NCCN2CCNCC2)c(C#Cc2ccc(F)cc2)c1. The van der Waals surface area contributed by atoms with E-state index in [-0.39, 0.29) is 28.7 Å². The largest absolute Gasteiger partial charge is 0.352 e. The van der Waals surface area contributed by atoms with Crippen LogP contribution in [0.1, 0.15) is 33.5 Å². The molecule has 1 fully saturated rings. The van der Waals surface area contributed by atoms with Crippen LogP contribution in [0.3, 0.4) is 0 Å². The number of rotatable bonds is 10. The number of aromatic nitrogens is 2. The molecule has 2 heterocycles. The number of aryl methyl sites for hydroxylation is 1. The van der Waals surface area contributed by atoms with Crippen molar-refractivity contribution in [3.8, 4) is 11.8 Å². The molecule has 0 aliphatic carbocycles. The fourth-order valence-electron chi connectivity index (χ4n) is 4.04. The minimum absolute atomic E-state index is 0.0102. The van der Waals surface area contributed by atoms with E-state index in [4.69, 9.17) is 0 Å². The minimum Gasteiger partial charge on any atom is -0.352 e. The second-order valence-corrected chi connectivity index (χ2v) is 10.7. The van der Waals surface area contributed by atoms with Crippen LogP contribution in [0.5, 0.6) is 0 Å². The van der Waals surface area contributed by atoms with Crippen molar-refractivity contribution in [3.05, 3.63) is 82.9 Å². The van der Waals surface area contributed by atoms with Crippen LogP contribution in [-0.2, 0) is 16.4 Å². The lowest BCUT2D eigenvalue weighted by molar-refractivity contribution is 0.0953. The molecule has 1 aliphatic heterocycles. The van der Waals surface area contributed by atoms with E-state index in [1.54, 1.807) is 6.20 Å². The summed E-state index contributed by atoms with van der Waals surface area (Å²) in [6.07, 6.45) is 5.05. The van der Waals surface area contributed by atoms with E-state index >= 15 is 0 Å². The Morgan fingerprint density at radius 2 is 1.87 bits per heavy atom. The van der Waals surface area contributed by atoms with Gasteiger partial charge in [0.1, 0.15) is 5.82 Å². The van der Waals surface area contributed by atoms with Crippen molar-refractivity contribution in [2.45, 2.75) is 17.7 Å². The van der Waals surface area contributed by atoms with Crippen molar-refractivity contribution < 1.29 is 17.6 Å². The van der Waals surface area contributed by atoms with Gasteiger partial charge in [0.15, 0.2) is 0 Å². The maximum Gasteiger partial charge on any atom is 0.251 e. The van der Waals surface area contributed by atoms with E-state index in [9.17, 15) is 17.6 Å². The number of piperazine rings is 1. The lowest BCUT2D eigenvalue weighted by atomic mass is 10.1. The van der Waals surface area contributed by atoms with E-state index < -0.39 is 10.0 Å². The van der Waals surface area contributed by atoms with Gasteiger partial charge >= 0.3 is 0 Å². The second kappa shape index (κ2) is 13.3. The first kappa shape index (κ1) is 27.5. The number of carbonyl (C=O) groups is 1. The zero-order valence-corrected chi connectivity index (χ0v) is 21.8. The van der Waals surface area contributed by atoms with Gasteiger partial charge in [0.05, 0.1) is 11.1 Å². The highest BCUT2D eigenvalue weighted by molar-refractivity contribution is 7.89. The zero-order chi connectivity index (χ0) is 26.8. The molecule has 200 valence electrons. The maximum atomic E-state index is 13.3. The molecule has 4 N–H and O–H groups in total. The van der Waals surface area contributed by atoms with Crippen LogP contribution in [0.2, 0.25) is 0 Å². The molecule has 0 radical (unpaired) electrons. The van der Waals surface area contributed by atoms with Crippen molar-refractivity contribution in [1.82, 2.24) is 30.5 Å². The Morgan fingerprint density at radius 3 is 2.61 bits per heavy atom. The molecule has 0 bridgehead atoms. The van der Waals surface area contributed by atoms with Crippen molar-refractivity contribution in [1.29, 1.82) is 0 Å². The fraction of sp³-hybridized carbons (Fsp3) is 0.333. The van der Waals surface area contributed by atoms with Gasteiger partial charge in [0.25, 0.3) is 5.91 Å².